The number of amides is 1. The van der Waals surface area contributed by atoms with Crippen molar-refractivity contribution in [3.63, 3.8) is 0 Å². The summed E-state index contributed by atoms with van der Waals surface area (Å²) in [4.78, 5) is 12.4. The number of rotatable bonds is 3. The van der Waals surface area contributed by atoms with E-state index in [4.69, 9.17) is 0 Å². The lowest BCUT2D eigenvalue weighted by molar-refractivity contribution is -0.120. The number of sulfonamides is 1. The number of hydrogen-bond acceptors (Lipinski definition) is 4. The van der Waals surface area contributed by atoms with Gasteiger partial charge in [0.2, 0.25) is 0 Å². The molecule has 1 amide bonds. The smallest absolute Gasteiger partial charge is 0.268 e. The molecule has 1 aromatic rings. The van der Waals surface area contributed by atoms with Crippen LogP contribution in [-0.4, -0.2) is 29.5 Å². The van der Waals surface area contributed by atoms with Crippen LogP contribution in [0.3, 0.4) is 0 Å². The Bertz CT molecular complexity index is 900. The highest BCUT2D eigenvalue weighted by Crippen LogP contribution is 2.36. The first-order valence-corrected chi connectivity index (χ1v) is 11.1. The maximum absolute atomic E-state index is 13.2. The summed E-state index contributed by atoms with van der Waals surface area (Å²) in [6.07, 6.45) is -0.930. The largest absolute Gasteiger partial charge is 0.434 e. The van der Waals surface area contributed by atoms with Crippen molar-refractivity contribution in [2.45, 2.75) is 55.3 Å². The van der Waals surface area contributed by atoms with E-state index in [9.17, 15) is 26.4 Å². The van der Waals surface area contributed by atoms with Gasteiger partial charge in [0.05, 0.1) is 4.90 Å². The third-order valence-electron chi connectivity index (χ3n) is 4.48. The molecule has 27 heavy (non-hydrogen) atoms. The third kappa shape index (κ3) is 4.11. The quantitative estimate of drug-likeness (QED) is 0.742. The summed E-state index contributed by atoms with van der Waals surface area (Å²) < 4.78 is 69.9. The predicted molar refractivity (Wildman–Crippen MR) is 96.0 cm³/mol. The number of alkyl halides is 3. The highest BCUT2D eigenvalue weighted by Gasteiger charge is 2.44. The minimum Gasteiger partial charge on any atom is -0.268 e. The van der Waals surface area contributed by atoms with Gasteiger partial charge in [-0.15, -0.1) is 0 Å². The molecule has 3 rings (SSSR count). The summed E-state index contributed by atoms with van der Waals surface area (Å²) in [5.41, 5.74) is -0.481. The second kappa shape index (κ2) is 7.38. The van der Waals surface area contributed by atoms with Crippen LogP contribution in [0.2, 0.25) is 0 Å². The Hall–Kier alpha value is -1.68. The monoisotopic (exact) mass is 420 g/mol. The van der Waals surface area contributed by atoms with E-state index in [-0.39, 0.29) is 11.0 Å². The van der Waals surface area contributed by atoms with Gasteiger partial charge in [0.25, 0.3) is 15.9 Å². The van der Waals surface area contributed by atoms with E-state index in [1.54, 1.807) is 19.1 Å². The fourth-order valence-electron chi connectivity index (χ4n) is 3.07. The first kappa shape index (κ1) is 20.1. The molecule has 148 valence electrons. The highest BCUT2D eigenvalue weighted by molar-refractivity contribution is 8.03. The van der Waals surface area contributed by atoms with Gasteiger partial charge in [0.15, 0.2) is 5.70 Å². The standard InChI is InChI=1S/C17H19F3N2O3S2/c1-12-7-9-14(10-8-12)27(24,25)22-16(23)11-15(17(18,19)20)21-26(22)13-5-3-2-4-6-13/h7-11,13H,2-6H2,1H3. The van der Waals surface area contributed by atoms with Gasteiger partial charge in [0, 0.05) is 22.2 Å². The average molecular weight is 420 g/mol. The van der Waals surface area contributed by atoms with Crippen molar-refractivity contribution in [1.82, 2.24) is 3.71 Å². The first-order valence-electron chi connectivity index (χ1n) is 8.50. The molecule has 10 heteroatoms. The molecule has 0 bridgehead atoms. The van der Waals surface area contributed by atoms with E-state index in [1.165, 1.54) is 12.1 Å². The van der Waals surface area contributed by atoms with E-state index in [1.807, 2.05) is 0 Å². The summed E-state index contributed by atoms with van der Waals surface area (Å²) in [6.45, 7) is 1.78. The second-order valence-electron chi connectivity index (χ2n) is 6.55. The molecule has 1 saturated carbocycles. The van der Waals surface area contributed by atoms with Gasteiger partial charge in [-0.1, -0.05) is 37.0 Å². The number of hydrogen-bond donors (Lipinski definition) is 0. The number of benzene rings is 1. The van der Waals surface area contributed by atoms with Crippen LogP contribution in [0.25, 0.3) is 0 Å². The van der Waals surface area contributed by atoms with Gasteiger partial charge in [-0.3, -0.25) is 4.79 Å². The molecule has 1 aromatic carbocycles. The van der Waals surface area contributed by atoms with Gasteiger partial charge in [-0.05, 0) is 31.9 Å². The lowest BCUT2D eigenvalue weighted by Crippen LogP contribution is -2.44. The predicted octanol–water partition coefficient (Wildman–Crippen LogP) is 4.02. The second-order valence-corrected chi connectivity index (χ2v) is 10.4. The number of carbonyl (C=O) groups excluding carboxylic acids is 1. The van der Waals surface area contributed by atoms with Crippen molar-refractivity contribution in [3.8, 4) is 0 Å². The topological polar surface area (TPSA) is 66.8 Å². The first-order chi connectivity index (χ1) is 12.6. The lowest BCUT2D eigenvalue weighted by atomic mass is 10.0. The Morgan fingerprint density at radius 2 is 1.70 bits per heavy atom. The van der Waals surface area contributed by atoms with Gasteiger partial charge >= 0.3 is 6.18 Å². The zero-order chi connectivity index (χ0) is 19.8. The van der Waals surface area contributed by atoms with E-state index in [2.05, 4.69) is 4.36 Å². The SMILES string of the molecule is Cc1ccc(S(=O)(=O)N2C(=O)C=C(C(F)(F)F)N=S2C2CCCCC2)cc1. The zero-order valence-electron chi connectivity index (χ0n) is 14.6. The van der Waals surface area contributed by atoms with Gasteiger partial charge in [-0.25, -0.2) is 12.8 Å². The maximum Gasteiger partial charge on any atom is 0.434 e. The van der Waals surface area contributed by atoms with E-state index in [0.717, 1.165) is 24.8 Å². The zero-order valence-corrected chi connectivity index (χ0v) is 16.2. The summed E-state index contributed by atoms with van der Waals surface area (Å²) in [5, 5.41) is -0.394. The van der Waals surface area contributed by atoms with Gasteiger partial charge in [-0.2, -0.15) is 16.9 Å². The van der Waals surface area contributed by atoms with Crippen LogP contribution in [-0.2, 0) is 25.7 Å². The van der Waals surface area contributed by atoms with Crippen molar-refractivity contribution >= 4 is 26.8 Å². The number of halogens is 3. The van der Waals surface area contributed by atoms with Gasteiger partial charge in [0.1, 0.15) is 0 Å². The molecule has 0 saturated heterocycles. The van der Waals surface area contributed by atoms with E-state index >= 15 is 0 Å². The molecule has 1 fully saturated rings. The minimum absolute atomic E-state index is 0.131. The van der Waals surface area contributed by atoms with Crippen molar-refractivity contribution in [2.24, 2.45) is 4.36 Å². The molecule has 0 aromatic heterocycles. The van der Waals surface area contributed by atoms with Crippen LogP contribution < -0.4 is 0 Å². The van der Waals surface area contributed by atoms with Crippen LogP contribution in [0.5, 0.6) is 0 Å². The molecule has 1 aliphatic heterocycles. The van der Waals surface area contributed by atoms with Crippen LogP contribution in [0, 0.1) is 6.92 Å². The third-order valence-corrected chi connectivity index (χ3v) is 8.98. The Labute approximate surface area is 158 Å². The highest BCUT2D eigenvalue weighted by atomic mass is 32.3. The molecular weight excluding hydrogens is 401 g/mol. The normalized spacial score (nSPS) is 22.4. The van der Waals surface area contributed by atoms with Crippen molar-refractivity contribution < 1.29 is 26.4 Å². The summed E-state index contributed by atoms with van der Waals surface area (Å²) in [7, 11) is -6.02. The molecule has 2 aliphatic rings. The van der Waals surface area contributed by atoms with Crippen molar-refractivity contribution in [2.75, 3.05) is 0 Å². The molecule has 1 heterocycles. The molecule has 0 N–H and O–H groups in total. The van der Waals surface area contributed by atoms with Crippen molar-refractivity contribution in [3.05, 3.63) is 41.6 Å². The number of nitrogens with zero attached hydrogens (tertiary/aromatic N) is 2. The Morgan fingerprint density at radius 1 is 1.11 bits per heavy atom. The molecule has 0 radical (unpaired) electrons. The number of aryl methyl sites for hydroxylation is 1. The maximum atomic E-state index is 13.2. The van der Waals surface area contributed by atoms with E-state index in [0.29, 0.717) is 16.6 Å². The van der Waals surface area contributed by atoms with Crippen LogP contribution in [0.1, 0.15) is 37.7 Å². The minimum atomic E-state index is -4.80. The fourth-order valence-corrected chi connectivity index (χ4v) is 7.40. The molecular formula is C17H19F3N2O3S2. The summed E-state index contributed by atoms with van der Waals surface area (Å²) >= 11 is 0. The molecule has 5 nitrogen and oxygen atoms in total. The van der Waals surface area contributed by atoms with E-state index < -0.39 is 43.9 Å². The number of carbonyl (C=O) groups is 1. The number of allylic oxidation sites excluding steroid dienone is 1. The molecule has 1 atom stereocenters. The van der Waals surface area contributed by atoms with Gasteiger partial charge < -0.3 is 0 Å². The fraction of sp³-hybridized carbons (Fsp3) is 0.471. The summed E-state index contributed by atoms with van der Waals surface area (Å²) in [5.74, 6) is -1.19. The Kier molecular flexibility index (Phi) is 5.49. The summed E-state index contributed by atoms with van der Waals surface area (Å²) in [6, 6.07) is 5.86. The van der Waals surface area contributed by atoms with Crippen LogP contribution in [0.15, 0.2) is 45.3 Å². The van der Waals surface area contributed by atoms with Crippen LogP contribution >= 0.6 is 0 Å². The average Bonchev–Trinajstić information content (AvgIpc) is 2.61. The van der Waals surface area contributed by atoms with Crippen LogP contribution in [0.4, 0.5) is 13.2 Å². The Balaban J connectivity index is 2.09. The van der Waals surface area contributed by atoms with Crippen molar-refractivity contribution in [1.29, 1.82) is 0 Å². The molecule has 1 aliphatic carbocycles. The molecule has 0 spiro atoms. The molecule has 1 unspecified atom stereocenters. The lowest BCUT2D eigenvalue weighted by Gasteiger charge is -2.33. The Morgan fingerprint density at radius 3 is 2.26 bits per heavy atom.